The third-order valence-electron chi connectivity index (χ3n) is 4.44. The Morgan fingerprint density at radius 2 is 2.08 bits per heavy atom. The molecule has 2 aromatic rings. The Labute approximate surface area is 155 Å². The quantitative estimate of drug-likeness (QED) is 0.833. The largest absolute Gasteiger partial charge is 0.485 e. The van der Waals surface area contributed by atoms with Crippen molar-refractivity contribution in [2.75, 3.05) is 18.5 Å². The summed E-state index contributed by atoms with van der Waals surface area (Å²) in [5.74, 6) is 0.454. The van der Waals surface area contributed by atoms with Crippen molar-refractivity contribution in [1.82, 2.24) is 0 Å². The van der Waals surface area contributed by atoms with E-state index >= 15 is 0 Å². The molecule has 0 bridgehead atoms. The van der Waals surface area contributed by atoms with Gasteiger partial charge in [-0.1, -0.05) is 12.1 Å². The second kappa shape index (κ2) is 6.99. The Morgan fingerprint density at radius 1 is 1.27 bits per heavy atom. The molecule has 1 aromatic carbocycles. The average molecular weight is 373 g/mol. The van der Waals surface area contributed by atoms with Gasteiger partial charge in [0.15, 0.2) is 11.5 Å². The summed E-state index contributed by atoms with van der Waals surface area (Å²) in [4.78, 5) is 26.2. The minimum absolute atomic E-state index is 0.128. The Balaban J connectivity index is 1.54. The lowest BCUT2D eigenvalue weighted by Crippen LogP contribution is -2.40. The van der Waals surface area contributed by atoms with Crippen LogP contribution in [0.1, 0.15) is 34.1 Å². The molecule has 1 aliphatic heterocycles. The molecule has 2 heterocycles. The van der Waals surface area contributed by atoms with E-state index in [1.165, 1.54) is 11.3 Å². The number of rotatable bonds is 4. The number of hydrogen-bond donors (Lipinski definition) is 1. The Hall–Kier alpha value is -2.54. The SMILES string of the molecule is CCOC(=O)c1c(NC(=O)[C@@H]2COc3ccccc3O2)sc2c1CCC2. The van der Waals surface area contributed by atoms with Crippen LogP contribution >= 0.6 is 11.3 Å². The number of ether oxygens (including phenoxy) is 3. The number of esters is 1. The molecule has 136 valence electrons. The monoisotopic (exact) mass is 373 g/mol. The highest BCUT2D eigenvalue weighted by Gasteiger charge is 2.32. The topological polar surface area (TPSA) is 73.9 Å². The molecule has 6 nitrogen and oxygen atoms in total. The first-order chi connectivity index (χ1) is 12.7. The van der Waals surface area contributed by atoms with Crippen LogP contribution in [0.3, 0.4) is 0 Å². The van der Waals surface area contributed by atoms with E-state index in [1.807, 2.05) is 12.1 Å². The zero-order valence-corrected chi connectivity index (χ0v) is 15.2. The summed E-state index contributed by atoms with van der Waals surface area (Å²) in [6.45, 7) is 2.20. The number of aryl methyl sites for hydroxylation is 1. The second-order valence-electron chi connectivity index (χ2n) is 6.14. The van der Waals surface area contributed by atoms with Crippen molar-refractivity contribution < 1.29 is 23.8 Å². The van der Waals surface area contributed by atoms with Gasteiger partial charge in [-0.3, -0.25) is 4.79 Å². The summed E-state index contributed by atoms with van der Waals surface area (Å²) < 4.78 is 16.5. The van der Waals surface area contributed by atoms with Crippen molar-refractivity contribution in [3.8, 4) is 11.5 Å². The molecular weight excluding hydrogens is 354 g/mol. The van der Waals surface area contributed by atoms with E-state index in [9.17, 15) is 9.59 Å². The number of benzene rings is 1. The van der Waals surface area contributed by atoms with Gasteiger partial charge < -0.3 is 19.5 Å². The molecule has 0 radical (unpaired) electrons. The fraction of sp³-hybridized carbons (Fsp3) is 0.368. The van der Waals surface area contributed by atoms with Crippen LogP contribution in [0.2, 0.25) is 0 Å². The number of anilines is 1. The Kier molecular flexibility index (Phi) is 4.55. The fourth-order valence-corrected chi connectivity index (χ4v) is 4.53. The normalized spacial score (nSPS) is 17.5. The average Bonchev–Trinajstić information content (AvgIpc) is 3.22. The Bertz CT molecular complexity index is 860. The van der Waals surface area contributed by atoms with E-state index in [-0.39, 0.29) is 18.5 Å². The zero-order valence-electron chi connectivity index (χ0n) is 14.4. The molecule has 0 fully saturated rings. The zero-order chi connectivity index (χ0) is 18.1. The highest BCUT2D eigenvalue weighted by Crippen LogP contribution is 2.40. The van der Waals surface area contributed by atoms with Gasteiger partial charge in [0.05, 0.1) is 12.2 Å². The van der Waals surface area contributed by atoms with Crippen molar-refractivity contribution in [2.45, 2.75) is 32.3 Å². The van der Waals surface area contributed by atoms with Gasteiger partial charge in [0.25, 0.3) is 5.91 Å². The summed E-state index contributed by atoms with van der Waals surface area (Å²) in [5.41, 5.74) is 1.50. The van der Waals surface area contributed by atoms with Crippen LogP contribution in [-0.2, 0) is 22.4 Å². The van der Waals surface area contributed by atoms with Crippen molar-refractivity contribution >= 4 is 28.2 Å². The molecule has 0 saturated heterocycles. The number of thiophene rings is 1. The first-order valence-electron chi connectivity index (χ1n) is 8.68. The lowest BCUT2D eigenvalue weighted by atomic mass is 10.1. The molecule has 1 atom stereocenters. The predicted octanol–water partition coefficient (Wildman–Crippen LogP) is 3.19. The summed E-state index contributed by atoms with van der Waals surface area (Å²) in [7, 11) is 0. The maximum atomic E-state index is 12.7. The van der Waals surface area contributed by atoms with Gasteiger partial charge in [-0.25, -0.2) is 4.79 Å². The molecule has 4 rings (SSSR count). The first kappa shape index (κ1) is 16.9. The van der Waals surface area contributed by atoms with Crippen LogP contribution in [0.25, 0.3) is 0 Å². The number of carbonyl (C=O) groups excluding carboxylic acids is 2. The summed E-state index contributed by atoms with van der Waals surface area (Å²) >= 11 is 1.45. The standard InChI is InChI=1S/C19H19NO5S/c1-2-23-19(22)16-11-6-5-9-15(11)26-18(16)20-17(21)14-10-24-12-7-3-4-8-13(12)25-14/h3-4,7-8,14H,2,5-6,9-10H2,1H3,(H,20,21)/t14-/m0/s1. The highest BCUT2D eigenvalue weighted by atomic mass is 32.1. The van der Waals surface area contributed by atoms with E-state index in [2.05, 4.69) is 5.32 Å². The van der Waals surface area contributed by atoms with E-state index < -0.39 is 6.10 Å². The van der Waals surface area contributed by atoms with Crippen molar-refractivity contribution in [2.24, 2.45) is 0 Å². The van der Waals surface area contributed by atoms with Crippen LogP contribution in [0.5, 0.6) is 11.5 Å². The van der Waals surface area contributed by atoms with Crippen LogP contribution < -0.4 is 14.8 Å². The number of fused-ring (bicyclic) bond motifs is 2. The van der Waals surface area contributed by atoms with Crippen molar-refractivity contribution in [3.05, 3.63) is 40.3 Å². The molecule has 1 N–H and O–H groups in total. The molecule has 0 saturated carbocycles. The molecule has 1 aliphatic carbocycles. The molecule has 0 spiro atoms. The number of amides is 1. The maximum absolute atomic E-state index is 12.7. The smallest absolute Gasteiger partial charge is 0.341 e. The summed E-state index contributed by atoms with van der Waals surface area (Å²) in [6.07, 6.45) is 2.03. The van der Waals surface area contributed by atoms with E-state index in [1.54, 1.807) is 19.1 Å². The first-order valence-corrected chi connectivity index (χ1v) is 9.50. The lowest BCUT2D eigenvalue weighted by Gasteiger charge is -2.25. The third-order valence-corrected chi connectivity index (χ3v) is 5.65. The third kappa shape index (κ3) is 3.03. The lowest BCUT2D eigenvalue weighted by molar-refractivity contribution is -0.125. The maximum Gasteiger partial charge on any atom is 0.341 e. The van der Waals surface area contributed by atoms with Gasteiger partial charge >= 0.3 is 5.97 Å². The fourth-order valence-electron chi connectivity index (χ4n) is 3.25. The minimum Gasteiger partial charge on any atom is -0.485 e. The van der Waals surface area contributed by atoms with Crippen molar-refractivity contribution in [1.29, 1.82) is 0 Å². The molecule has 1 amide bonds. The summed E-state index contributed by atoms with van der Waals surface area (Å²) in [6, 6.07) is 7.23. The van der Waals surface area contributed by atoms with E-state index in [0.29, 0.717) is 28.7 Å². The number of nitrogens with one attached hydrogen (secondary N) is 1. The summed E-state index contributed by atoms with van der Waals surface area (Å²) in [5, 5.41) is 3.40. The van der Waals surface area contributed by atoms with Gasteiger partial charge in [-0.2, -0.15) is 0 Å². The molecular formula is C19H19NO5S. The van der Waals surface area contributed by atoms with Crippen LogP contribution in [-0.4, -0.2) is 31.2 Å². The molecule has 2 aliphatic rings. The molecule has 0 unspecified atom stereocenters. The van der Waals surface area contributed by atoms with Gasteiger partial charge in [0.1, 0.15) is 11.6 Å². The van der Waals surface area contributed by atoms with Crippen LogP contribution in [0.4, 0.5) is 5.00 Å². The van der Waals surface area contributed by atoms with E-state index in [4.69, 9.17) is 14.2 Å². The number of carbonyl (C=O) groups is 2. The Morgan fingerprint density at radius 3 is 2.88 bits per heavy atom. The van der Waals surface area contributed by atoms with Crippen molar-refractivity contribution in [3.63, 3.8) is 0 Å². The highest BCUT2D eigenvalue weighted by molar-refractivity contribution is 7.17. The number of hydrogen-bond acceptors (Lipinski definition) is 6. The molecule has 1 aromatic heterocycles. The van der Waals surface area contributed by atoms with Crippen LogP contribution in [0.15, 0.2) is 24.3 Å². The van der Waals surface area contributed by atoms with Gasteiger partial charge in [-0.05, 0) is 43.9 Å². The van der Waals surface area contributed by atoms with E-state index in [0.717, 1.165) is 29.7 Å². The second-order valence-corrected chi connectivity index (χ2v) is 7.24. The number of para-hydroxylation sites is 2. The van der Waals surface area contributed by atoms with Gasteiger partial charge in [0.2, 0.25) is 6.10 Å². The molecule has 7 heteroatoms. The predicted molar refractivity (Wildman–Crippen MR) is 97.3 cm³/mol. The van der Waals surface area contributed by atoms with Gasteiger partial charge in [0, 0.05) is 4.88 Å². The van der Waals surface area contributed by atoms with Gasteiger partial charge in [-0.15, -0.1) is 11.3 Å². The minimum atomic E-state index is -0.767. The molecule has 26 heavy (non-hydrogen) atoms. The van der Waals surface area contributed by atoms with Crippen LogP contribution in [0, 0.1) is 0 Å².